The third kappa shape index (κ3) is 10.3. The summed E-state index contributed by atoms with van der Waals surface area (Å²) in [5.74, 6) is 2.97. The molecule has 0 unspecified atom stereocenters. The predicted octanol–water partition coefficient (Wildman–Crippen LogP) is 7.07. The van der Waals surface area contributed by atoms with Crippen molar-refractivity contribution < 1.29 is 10.2 Å². The Hall–Kier alpha value is -2.13. The van der Waals surface area contributed by atoms with Crippen molar-refractivity contribution >= 4 is 11.8 Å². The molecule has 2 aromatic carbocycles. The van der Waals surface area contributed by atoms with Gasteiger partial charge in [0.2, 0.25) is 0 Å². The summed E-state index contributed by atoms with van der Waals surface area (Å²) in [5, 5.41) is 19.5. The summed E-state index contributed by atoms with van der Waals surface area (Å²) < 4.78 is 0. The van der Waals surface area contributed by atoms with E-state index in [0.29, 0.717) is 11.5 Å². The maximum absolute atomic E-state index is 9.74. The second kappa shape index (κ2) is 14.8. The van der Waals surface area contributed by atoms with E-state index in [1.54, 1.807) is 12.1 Å². The van der Waals surface area contributed by atoms with Crippen LogP contribution in [0.5, 0.6) is 11.5 Å². The van der Waals surface area contributed by atoms with Gasteiger partial charge >= 0.3 is 0 Å². The minimum atomic E-state index is 0.419. The van der Waals surface area contributed by atoms with Crippen molar-refractivity contribution in [1.82, 2.24) is 0 Å². The van der Waals surface area contributed by atoms with Crippen molar-refractivity contribution in [2.45, 2.75) is 51.4 Å². The summed E-state index contributed by atoms with van der Waals surface area (Å²) in [4.78, 5) is 0. The average Bonchev–Trinajstić information content (AvgIpc) is 2.73. The SMILES string of the molecule is Oc1ccccc1CCCCC=CCSCC=CCCCCc1ccccc1O. The van der Waals surface area contributed by atoms with Crippen molar-refractivity contribution in [2.24, 2.45) is 0 Å². The first-order valence-electron chi connectivity index (χ1n) is 10.7. The van der Waals surface area contributed by atoms with Crippen LogP contribution in [0.4, 0.5) is 0 Å². The number of phenolic OH excluding ortho intramolecular Hbond substituents is 2. The van der Waals surface area contributed by atoms with Crippen molar-refractivity contribution in [3.63, 3.8) is 0 Å². The van der Waals surface area contributed by atoms with E-state index < -0.39 is 0 Å². The molecule has 0 saturated carbocycles. The Bertz CT molecular complexity index is 688. The van der Waals surface area contributed by atoms with Gasteiger partial charge in [-0.2, -0.15) is 11.8 Å². The molecule has 0 fully saturated rings. The molecule has 2 aromatic rings. The molecule has 2 nitrogen and oxygen atoms in total. The van der Waals surface area contributed by atoms with E-state index in [0.717, 1.165) is 74.0 Å². The first kappa shape index (κ1) is 23.2. The highest BCUT2D eigenvalue weighted by Crippen LogP contribution is 2.19. The van der Waals surface area contributed by atoms with Gasteiger partial charge in [0, 0.05) is 11.5 Å². The minimum Gasteiger partial charge on any atom is -0.508 e. The van der Waals surface area contributed by atoms with Crippen LogP contribution < -0.4 is 0 Å². The first-order valence-corrected chi connectivity index (χ1v) is 11.8. The smallest absolute Gasteiger partial charge is 0.118 e. The number of unbranched alkanes of at least 4 members (excludes halogenated alkanes) is 4. The Morgan fingerprint density at radius 3 is 1.48 bits per heavy atom. The van der Waals surface area contributed by atoms with Crippen LogP contribution >= 0.6 is 11.8 Å². The van der Waals surface area contributed by atoms with E-state index in [1.165, 1.54) is 0 Å². The summed E-state index contributed by atoms with van der Waals surface area (Å²) in [6.07, 6.45) is 17.8. The summed E-state index contributed by atoms with van der Waals surface area (Å²) in [6, 6.07) is 15.2. The molecule has 29 heavy (non-hydrogen) atoms. The van der Waals surface area contributed by atoms with Crippen LogP contribution in [-0.4, -0.2) is 21.7 Å². The topological polar surface area (TPSA) is 40.5 Å². The lowest BCUT2D eigenvalue weighted by Gasteiger charge is -2.03. The molecule has 3 heteroatoms. The van der Waals surface area contributed by atoms with Gasteiger partial charge in [0.15, 0.2) is 0 Å². The Morgan fingerprint density at radius 2 is 1.03 bits per heavy atom. The van der Waals surface area contributed by atoms with E-state index in [1.807, 2.05) is 48.2 Å². The standard InChI is InChI=1S/C26H34O2S/c27-25-19-11-9-17-23(25)15-7-3-1-5-13-21-29-22-14-6-2-4-8-16-24-18-10-12-20-26(24)28/h5-6,9-14,17-20,27-28H,1-4,7-8,15-16,21-22H2. The van der Waals surface area contributed by atoms with E-state index in [4.69, 9.17) is 0 Å². The normalized spacial score (nSPS) is 11.6. The van der Waals surface area contributed by atoms with Crippen LogP contribution in [0.25, 0.3) is 0 Å². The molecule has 0 aliphatic heterocycles. The first-order chi connectivity index (χ1) is 14.3. The molecule has 156 valence electrons. The van der Waals surface area contributed by atoms with Crippen LogP contribution in [0, 0.1) is 0 Å². The molecule has 2 rings (SSSR count). The average molecular weight is 411 g/mol. The monoisotopic (exact) mass is 410 g/mol. The second-order valence-electron chi connectivity index (χ2n) is 7.23. The fraction of sp³-hybridized carbons (Fsp3) is 0.385. The largest absolute Gasteiger partial charge is 0.508 e. The number of hydrogen-bond acceptors (Lipinski definition) is 3. The zero-order valence-corrected chi connectivity index (χ0v) is 18.1. The highest BCUT2D eigenvalue weighted by molar-refractivity contribution is 7.99. The summed E-state index contributed by atoms with van der Waals surface area (Å²) in [6.45, 7) is 0. The molecule has 0 saturated heterocycles. The number of rotatable bonds is 14. The van der Waals surface area contributed by atoms with Gasteiger partial charge in [-0.05, 0) is 74.6 Å². The van der Waals surface area contributed by atoms with E-state index in [2.05, 4.69) is 24.3 Å². The molecule has 0 amide bonds. The van der Waals surface area contributed by atoms with Crippen LogP contribution in [0.2, 0.25) is 0 Å². The third-order valence-electron chi connectivity index (χ3n) is 4.88. The van der Waals surface area contributed by atoms with Crippen molar-refractivity contribution in [1.29, 1.82) is 0 Å². The third-order valence-corrected chi connectivity index (χ3v) is 5.73. The summed E-state index contributed by atoms with van der Waals surface area (Å²) >= 11 is 1.94. The lowest BCUT2D eigenvalue weighted by Crippen LogP contribution is -1.86. The van der Waals surface area contributed by atoms with Crippen molar-refractivity contribution in [2.75, 3.05) is 11.5 Å². The molecule has 0 bridgehead atoms. The molecular formula is C26H34O2S. The van der Waals surface area contributed by atoms with Gasteiger partial charge in [0.25, 0.3) is 0 Å². The molecular weight excluding hydrogens is 376 g/mol. The molecule has 0 aliphatic rings. The lowest BCUT2D eigenvalue weighted by molar-refractivity contribution is 0.466. The zero-order chi connectivity index (χ0) is 20.6. The van der Waals surface area contributed by atoms with Crippen LogP contribution in [0.1, 0.15) is 49.7 Å². The van der Waals surface area contributed by atoms with Gasteiger partial charge in [-0.3, -0.25) is 0 Å². The highest BCUT2D eigenvalue weighted by Gasteiger charge is 1.99. The number of allylic oxidation sites excluding steroid dienone is 2. The summed E-state index contributed by atoms with van der Waals surface area (Å²) in [5.41, 5.74) is 2.11. The van der Waals surface area contributed by atoms with Crippen LogP contribution in [-0.2, 0) is 12.8 Å². The number of para-hydroxylation sites is 2. The fourth-order valence-corrected chi connectivity index (χ4v) is 3.86. The lowest BCUT2D eigenvalue weighted by atomic mass is 10.1. The van der Waals surface area contributed by atoms with Crippen molar-refractivity contribution in [3.05, 3.63) is 84.0 Å². The number of benzene rings is 2. The second-order valence-corrected chi connectivity index (χ2v) is 8.30. The van der Waals surface area contributed by atoms with Gasteiger partial charge in [-0.1, -0.05) is 60.7 Å². The van der Waals surface area contributed by atoms with Crippen LogP contribution in [0.3, 0.4) is 0 Å². The number of phenols is 2. The van der Waals surface area contributed by atoms with E-state index >= 15 is 0 Å². The van der Waals surface area contributed by atoms with Crippen LogP contribution in [0.15, 0.2) is 72.8 Å². The van der Waals surface area contributed by atoms with Crippen molar-refractivity contribution in [3.8, 4) is 11.5 Å². The zero-order valence-electron chi connectivity index (χ0n) is 17.3. The Balaban J connectivity index is 1.39. The van der Waals surface area contributed by atoms with Gasteiger partial charge in [-0.25, -0.2) is 0 Å². The summed E-state index contributed by atoms with van der Waals surface area (Å²) in [7, 11) is 0. The highest BCUT2D eigenvalue weighted by atomic mass is 32.2. The molecule has 2 N–H and O–H groups in total. The molecule has 0 spiro atoms. The predicted molar refractivity (Wildman–Crippen MR) is 127 cm³/mol. The Morgan fingerprint density at radius 1 is 0.586 bits per heavy atom. The number of hydrogen-bond donors (Lipinski definition) is 2. The van der Waals surface area contributed by atoms with Gasteiger partial charge < -0.3 is 10.2 Å². The molecule has 0 atom stereocenters. The number of thioether (sulfide) groups is 1. The number of aryl methyl sites for hydroxylation is 2. The van der Waals surface area contributed by atoms with E-state index in [9.17, 15) is 10.2 Å². The maximum atomic E-state index is 9.74. The Kier molecular flexibility index (Phi) is 11.8. The maximum Gasteiger partial charge on any atom is 0.118 e. The van der Waals surface area contributed by atoms with Gasteiger partial charge in [0.05, 0.1) is 0 Å². The fourth-order valence-electron chi connectivity index (χ4n) is 3.18. The molecule has 0 aliphatic carbocycles. The minimum absolute atomic E-state index is 0.419. The van der Waals surface area contributed by atoms with Gasteiger partial charge in [-0.15, -0.1) is 0 Å². The quantitative estimate of drug-likeness (QED) is 0.258. The molecule has 0 aromatic heterocycles. The number of aromatic hydroxyl groups is 2. The Labute approximate surface area is 180 Å². The molecule has 0 radical (unpaired) electrons. The van der Waals surface area contributed by atoms with E-state index in [-0.39, 0.29) is 0 Å². The van der Waals surface area contributed by atoms with Gasteiger partial charge in [0.1, 0.15) is 11.5 Å². The molecule has 0 heterocycles.